The van der Waals surface area contributed by atoms with E-state index in [9.17, 15) is 4.79 Å². The summed E-state index contributed by atoms with van der Waals surface area (Å²) in [6, 6.07) is 0.401. The van der Waals surface area contributed by atoms with E-state index in [-0.39, 0.29) is 5.69 Å². The summed E-state index contributed by atoms with van der Waals surface area (Å²) < 4.78 is 4.57. The number of ether oxygens (including phenoxy) is 1. The highest BCUT2D eigenvalue weighted by molar-refractivity contribution is 5.86. The second-order valence-corrected chi connectivity index (χ2v) is 4.00. The Morgan fingerprint density at radius 1 is 1.47 bits per heavy atom. The number of esters is 1. The van der Waals surface area contributed by atoms with Crippen molar-refractivity contribution >= 4 is 11.8 Å². The van der Waals surface area contributed by atoms with Crippen LogP contribution in [0, 0.1) is 0 Å². The molecule has 0 aliphatic heterocycles. The Bertz CT molecular complexity index is 365. The average molecular weight is 237 g/mol. The molecule has 1 aromatic heterocycles. The lowest BCUT2D eigenvalue weighted by molar-refractivity contribution is 0.0593. The summed E-state index contributed by atoms with van der Waals surface area (Å²) >= 11 is 0. The Morgan fingerprint density at radius 2 is 2.18 bits per heavy atom. The fourth-order valence-corrected chi connectivity index (χ4v) is 1.55. The molecule has 1 atom stereocenters. The zero-order valence-electron chi connectivity index (χ0n) is 10.8. The Morgan fingerprint density at radius 3 is 2.65 bits per heavy atom. The van der Waals surface area contributed by atoms with Gasteiger partial charge in [0.1, 0.15) is 5.82 Å². The number of methoxy groups -OCH3 is 1. The van der Waals surface area contributed by atoms with E-state index in [4.69, 9.17) is 0 Å². The Balaban J connectivity index is 2.76. The Labute approximate surface area is 102 Å². The lowest BCUT2D eigenvalue weighted by Crippen LogP contribution is -2.29. The standard InChI is InChI=1S/C12H19N3O2/c1-5-6-9(2)15(3)11-8-13-10(7-14-11)12(16)17-4/h7-9H,5-6H2,1-4H3. The van der Waals surface area contributed by atoms with Crippen LogP contribution in [0.2, 0.25) is 0 Å². The van der Waals surface area contributed by atoms with Gasteiger partial charge in [0.05, 0.1) is 19.5 Å². The van der Waals surface area contributed by atoms with Crippen molar-refractivity contribution in [3.63, 3.8) is 0 Å². The van der Waals surface area contributed by atoms with E-state index in [1.54, 1.807) is 6.20 Å². The summed E-state index contributed by atoms with van der Waals surface area (Å²) in [6.45, 7) is 4.29. The molecule has 0 fully saturated rings. The van der Waals surface area contributed by atoms with E-state index >= 15 is 0 Å². The minimum absolute atomic E-state index is 0.229. The number of hydrogen-bond donors (Lipinski definition) is 0. The number of nitrogens with zero attached hydrogens (tertiary/aromatic N) is 3. The van der Waals surface area contributed by atoms with Crippen LogP contribution in [0.1, 0.15) is 37.2 Å². The van der Waals surface area contributed by atoms with Gasteiger partial charge in [0.15, 0.2) is 5.69 Å². The number of anilines is 1. The van der Waals surface area contributed by atoms with Gasteiger partial charge >= 0.3 is 5.97 Å². The number of carbonyl (C=O) groups is 1. The van der Waals surface area contributed by atoms with Crippen molar-refractivity contribution in [1.29, 1.82) is 0 Å². The van der Waals surface area contributed by atoms with Crippen molar-refractivity contribution in [3.05, 3.63) is 18.1 Å². The molecule has 0 saturated carbocycles. The summed E-state index contributed by atoms with van der Waals surface area (Å²) in [5.74, 6) is 0.298. The second-order valence-electron chi connectivity index (χ2n) is 4.00. The van der Waals surface area contributed by atoms with Gasteiger partial charge in [-0.3, -0.25) is 0 Å². The number of hydrogen-bond acceptors (Lipinski definition) is 5. The van der Waals surface area contributed by atoms with Crippen LogP contribution in [-0.2, 0) is 4.74 Å². The van der Waals surface area contributed by atoms with Crippen molar-refractivity contribution in [1.82, 2.24) is 9.97 Å². The minimum Gasteiger partial charge on any atom is -0.464 e. The molecule has 0 radical (unpaired) electrons. The van der Waals surface area contributed by atoms with Crippen LogP contribution in [0.15, 0.2) is 12.4 Å². The molecule has 0 aromatic carbocycles. The third-order valence-corrected chi connectivity index (χ3v) is 2.76. The van der Waals surface area contributed by atoms with E-state index in [1.807, 2.05) is 7.05 Å². The highest BCUT2D eigenvalue weighted by Crippen LogP contribution is 2.13. The molecule has 0 aliphatic rings. The first-order valence-electron chi connectivity index (χ1n) is 5.73. The van der Waals surface area contributed by atoms with E-state index in [0.29, 0.717) is 6.04 Å². The van der Waals surface area contributed by atoms with Gasteiger partial charge in [-0.05, 0) is 13.3 Å². The van der Waals surface area contributed by atoms with Crippen molar-refractivity contribution in [2.24, 2.45) is 0 Å². The molecule has 0 aliphatic carbocycles. The predicted molar refractivity (Wildman–Crippen MR) is 66.1 cm³/mol. The topological polar surface area (TPSA) is 55.3 Å². The summed E-state index contributed by atoms with van der Waals surface area (Å²) in [6.07, 6.45) is 5.25. The fourth-order valence-electron chi connectivity index (χ4n) is 1.55. The molecule has 94 valence electrons. The summed E-state index contributed by atoms with van der Waals surface area (Å²) in [7, 11) is 3.30. The van der Waals surface area contributed by atoms with Crippen molar-refractivity contribution < 1.29 is 9.53 Å². The van der Waals surface area contributed by atoms with E-state index in [1.165, 1.54) is 13.3 Å². The van der Waals surface area contributed by atoms with Crippen molar-refractivity contribution in [2.45, 2.75) is 32.7 Å². The van der Waals surface area contributed by atoms with Crippen LogP contribution < -0.4 is 4.90 Å². The summed E-state index contributed by atoms with van der Waals surface area (Å²) in [4.78, 5) is 21.5. The molecule has 0 spiro atoms. The SMILES string of the molecule is CCCC(C)N(C)c1cnc(C(=O)OC)cn1. The van der Waals surface area contributed by atoms with Crippen LogP contribution in [-0.4, -0.2) is 36.1 Å². The molecule has 0 amide bonds. The molecule has 0 bridgehead atoms. The zero-order chi connectivity index (χ0) is 12.8. The molecule has 1 rings (SSSR count). The normalized spacial score (nSPS) is 12.0. The van der Waals surface area contributed by atoms with Crippen LogP contribution in [0.3, 0.4) is 0 Å². The van der Waals surface area contributed by atoms with Crippen LogP contribution in [0.4, 0.5) is 5.82 Å². The molecule has 5 heteroatoms. The number of aromatic nitrogens is 2. The van der Waals surface area contributed by atoms with Crippen LogP contribution >= 0.6 is 0 Å². The average Bonchev–Trinajstić information content (AvgIpc) is 2.37. The van der Waals surface area contributed by atoms with Gasteiger partial charge in [0.25, 0.3) is 0 Å². The van der Waals surface area contributed by atoms with Crippen molar-refractivity contribution in [2.75, 3.05) is 19.1 Å². The lowest BCUT2D eigenvalue weighted by atomic mass is 10.2. The monoisotopic (exact) mass is 237 g/mol. The van der Waals surface area contributed by atoms with E-state index < -0.39 is 5.97 Å². The van der Waals surface area contributed by atoms with Gasteiger partial charge in [-0.1, -0.05) is 13.3 Å². The molecule has 1 aromatic rings. The molecule has 0 N–H and O–H groups in total. The lowest BCUT2D eigenvalue weighted by Gasteiger charge is -2.25. The molecule has 5 nitrogen and oxygen atoms in total. The largest absolute Gasteiger partial charge is 0.464 e. The number of rotatable bonds is 5. The maximum absolute atomic E-state index is 11.2. The van der Waals surface area contributed by atoms with Crippen LogP contribution in [0.5, 0.6) is 0 Å². The van der Waals surface area contributed by atoms with Gasteiger partial charge in [-0.2, -0.15) is 0 Å². The predicted octanol–water partition coefficient (Wildman–Crippen LogP) is 1.89. The molecule has 17 heavy (non-hydrogen) atoms. The smallest absolute Gasteiger partial charge is 0.358 e. The second kappa shape index (κ2) is 6.18. The fraction of sp³-hybridized carbons (Fsp3) is 0.583. The van der Waals surface area contributed by atoms with E-state index in [0.717, 1.165) is 18.7 Å². The zero-order valence-corrected chi connectivity index (χ0v) is 10.8. The molecule has 1 heterocycles. The number of carbonyl (C=O) groups excluding carboxylic acids is 1. The first-order chi connectivity index (χ1) is 8.10. The Hall–Kier alpha value is -1.65. The molecule has 0 saturated heterocycles. The maximum Gasteiger partial charge on any atom is 0.358 e. The summed E-state index contributed by atoms with van der Waals surface area (Å²) in [5.41, 5.74) is 0.229. The molecular weight excluding hydrogens is 218 g/mol. The molecular formula is C12H19N3O2. The summed E-state index contributed by atoms with van der Waals surface area (Å²) in [5, 5.41) is 0. The third kappa shape index (κ3) is 3.41. The molecule has 1 unspecified atom stereocenters. The van der Waals surface area contributed by atoms with E-state index in [2.05, 4.69) is 33.5 Å². The maximum atomic E-state index is 11.2. The van der Waals surface area contributed by atoms with Gasteiger partial charge in [-0.15, -0.1) is 0 Å². The highest BCUT2D eigenvalue weighted by Gasteiger charge is 2.12. The van der Waals surface area contributed by atoms with Crippen LogP contribution in [0.25, 0.3) is 0 Å². The third-order valence-electron chi connectivity index (χ3n) is 2.76. The van der Waals surface area contributed by atoms with Gasteiger partial charge in [0.2, 0.25) is 0 Å². The van der Waals surface area contributed by atoms with Gasteiger partial charge < -0.3 is 9.64 Å². The minimum atomic E-state index is -0.465. The first kappa shape index (κ1) is 13.4. The van der Waals surface area contributed by atoms with Crippen molar-refractivity contribution in [3.8, 4) is 0 Å². The highest BCUT2D eigenvalue weighted by atomic mass is 16.5. The van der Waals surface area contributed by atoms with Gasteiger partial charge in [0, 0.05) is 13.1 Å². The Kier molecular flexibility index (Phi) is 4.87. The first-order valence-corrected chi connectivity index (χ1v) is 5.73. The quantitative estimate of drug-likeness (QED) is 0.732. The van der Waals surface area contributed by atoms with Gasteiger partial charge in [-0.25, -0.2) is 14.8 Å².